The fourth-order valence-corrected chi connectivity index (χ4v) is 2.95. The lowest BCUT2D eigenvalue weighted by molar-refractivity contribution is -0.134. The molecular weight excluding hydrogens is 305 g/mol. The standard InChI is InChI=1S/C13H19F3N2O2S/c1-10(17-2)11-6-3-4-7-12(11)18-21(19,20)9-5-8-13(14,15)16/h3-4,6-7,10,17-18H,5,8-9H2,1-2H3. The van der Waals surface area contributed by atoms with Gasteiger partial charge < -0.3 is 5.32 Å². The maximum atomic E-state index is 12.0. The molecule has 1 unspecified atom stereocenters. The summed E-state index contributed by atoms with van der Waals surface area (Å²) in [6.07, 6.45) is -5.90. The number of hydrogen-bond donors (Lipinski definition) is 2. The Hall–Kier alpha value is -1.28. The predicted molar refractivity (Wildman–Crippen MR) is 76.6 cm³/mol. The zero-order valence-corrected chi connectivity index (χ0v) is 12.7. The van der Waals surface area contributed by atoms with Crippen LogP contribution in [0.1, 0.15) is 31.4 Å². The lowest BCUT2D eigenvalue weighted by atomic mass is 10.1. The van der Waals surface area contributed by atoms with E-state index in [0.717, 1.165) is 5.56 Å². The van der Waals surface area contributed by atoms with Crippen molar-refractivity contribution in [1.29, 1.82) is 0 Å². The molecule has 0 heterocycles. The van der Waals surface area contributed by atoms with Crippen molar-refractivity contribution in [2.75, 3.05) is 17.5 Å². The van der Waals surface area contributed by atoms with E-state index in [1.807, 2.05) is 6.92 Å². The van der Waals surface area contributed by atoms with Crippen LogP contribution in [0.25, 0.3) is 0 Å². The summed E-state index contributed by atoms with van der Waals surface area (Å²) < 4.78 is 62.2. The van der Waals surface area contributed by atoms with Crippen molar-refractivity contribution in [3.63, 3.8) is 0 Å². The van der Waals surface area contributed by atoms with E-state index in [0.29, 0.717) is 5.69 Å². The molecule has 0 radical (unpaired) electrons. The highest BCUT2D eigenvalue weighted by Gasteiger charge is 2.27. The summed E-state index contributed by atoms with van der Waals surface area (Å²) in [7, 11) is -2.06. The normalized spacial score (nSPS) is 14.0. The highest BCUT2D eigenvalue weighted by Crippen LogP contribution is 2.25. The second-order valence-corrected chi connectivity index (χ2v) is 6.58. The van der Waals surface area contributed by atoms with E-state index in [4.69, 9.17) is 0 Å². The highest BCUT2D eigenvalue weighted by atomic mass is 32.2. The van der Waals surface area contributed by atoms with Gasteiger partial charge in [0.15, 0.2) is 0 Å². The Bertz CT molecular complexity index is 559. The quantitative estimate of drug-likeness (QED) is 0.810. The smallest absolute Gasteiger partial charge is 0.313 e. The molecule has 8 heteroatoms. The molecule has 0 aromatic heterocycles. The van der Waals surface area contributed by atoms with E-state index in [2.05, 4.69) is 10.0 Å². The number of rotatable bonds is 7. The van der Waals surface area contributed by atoms with Gasteiger partial charge in [0, 0.05) is 12.5 Å². The van der Waals surface area contributed by atoms with E-state index < -0.39 is 34.8 Å². The van der Waals surface area contributed by atoms with Gasteiger partial charge in [-0.3, -0.25) is 4.72 Å². The number of alkyl halides is 3. The summed E-state index contributed by atoms with van der Waals surface area (Å²) in [5, 5.41) is 2.99. The van der Waals surface area contributed by atoms with Gasteiger partial charge in [-0.1, -0.05) is 18.2 Å². The highest BCUT2D eigenvalue weighted by molar-refractivity contribution is 7.92. The summed E-state index contributed by atoms with van der Waals surface area (Å²) in [6.45, 7) is 1.86. The lowest BCUT2D eigenvalue weighted by Crippen LogP contribution is -2.21. The molecule has 120 valence electrons. The zero-order valence-electron chi connectivity index (χ0n) is 11.9. The van der Waals surface area contributed by atoms with Gasteiger partial charge in [0.1, 0.15) is 0 Å². The first-order valence-corrected chi connectivity index (χ1v) is 8.13. The summed E-state index contributed by atoms with van der Waals surface area (Å²) in [5.41, 5.74) is 1.12. The zero-order chi connectivity index (χ0) is 16.1. The maximum Gasteiger partial charge on any atom is 0.389 e. The fraction of sp³-hybridized carbons (Fsp3) is 0.538. The van der Waals surface area contributed by atoms with E-state index in [1.165, 1.54) is 0 Å². The van der Waals surface area contributed by atoms with Crippen molar-refractivity contribution < 1.29 is 21.6 Å². The molecule has 0 bridgehead atoms. The van der Waals surface area contributed by atoms with E-state index >= 15 is 0 Å². The first kappa shape index (κ1) is 17.8. The molecule has 1 aromatic rings. The van der Waals surface area contributed by atoms with Crippen molar-refractivity contribution in [1.82, 2.24) is 5.32 Å². The number of benzene rings is 1. The fourth-order valence-electron chi connectivity index (χ4n) is 1.80. The minimum absolute atomic E-state index is 0.0842. The summed E-state index contributed by atoms with van der Waals surface area (Å²) in [5.74, 6) is -0.561. The van der Waals surface area contributed by atoms with Crippen LogP contribution in [0.3, 0.4) is 0 Å². The van der Waals surface area contributed by atoms with Crippen LogP contribution in [-0.4, -0.2) is 27.4 Å². The molecule has 21 heavy (non-hydrogen) atoms. The van der Waals surface area contributed by atoms with Gasteiger partial charge in [-0.05, 0) is 32.0 Å². The van der Waals surface area contributed by atoms with Gasteiger partial charge in [-0.2, -0.15) is 13.2 Å². The van der Waals surface area contributed by atoms with E-state index in [-0.39, 0.29) is 6.04 Å². The first-order valence-electron chi connectivity index (χ1n) is 6.48. The van der Waals surface area contributed by atoms with Crippen LogP contribution in [0.2, 0.25) is 0 Å². The van der Waals surface area contributed by atoms with Crippen LogP contribution in [0.5, 0.6) is 0 Å². The average molecular weight is 324 g/mol. The lowest BCUT2D eigenvalue weighted by Gasteiger charge is -2.17. The van der Waals surface area contributed by atoms with Gasteiger partial charge in [0.2, 0.25) is 10.0 Å². The molecule has 0 aliphatic carbocycles. The average Bonchev–Trinajstić information content (AvgIpc) is 2.36. The number of nitrogens with one attached hydrogen (secondary N) is 2. The third kappa shape index (κ3) is 6.34. The van der Waals surface area contributed by atoms with Crippen molar-refractivity contribution in [3.8, 4) is 0 Å². The Morgan fingerprint density at radius 3 is 2.43 bits per heavy atom. The van der Waals surface area contributed by atoms with Gasteiger partial charge in [0.25, 0.3) is 0 Å². The van der Waals surface area contributed by atoms with Crippen LogP contribution in [0, 0.1) is 0 Å². The molecule has 0 fully saturated rings. The number of para-hydroxylation sites is 1. The molecule has 1 atom stereocenters. The second kappa shape index (κ2) is 7.13. The number of sulfonamides is 1. The second-order valence-electron chi connectivity index (χ2n) is 4.74. The monoisotopic (exact) mass is 324 g/mol. The van der Waals surface area contributed by atoms with Crippen molar-refractivity contribution >= 4 is 15.7 Å². The van der Waals surface area contributed by atoms with Gasteiger partial charge in [-0.15, -0.1) is 0 Å². The third-order valence-corrected chi connectivity index (χ3v) is 4.36. The molecule has 2 N–H and O–H groups in total. The maximum absolute atomic E-state index is 12.0. The Morgan fingerprint density at radius 1 is 1.24 bits per heavy atom. The molecule has 0 aliphatic rings. The summed E-state index contributed by atoms with van der Waals surface area (Å²) >= 11 is 0. The molecule has 0 saturated heterocycles. The van der Waals surface area contributed by atoms with Crippen LogP contribution < -0.4 is 10.0 Å². The largest absolute Gasteiger partial charge is 0.389 e. The summed E-state index contributed by atoms with van der Waals surface area (Å²) in [6, 6.07) is 6.70. The minimum atomic E-state index is -4.34. The Morgan fingerprint density at radius 2 is 1.86 bits per heavy atom. The Kier molecular flexibility index (Phi) is 6.03. The third-order valence-electron chi connectivity index (χ3n) is 3.00. The Labute approximate surface area is 122 Å². The van der Waals surface area contributed by atoms with Crippen LogP contribution in [0.15, 0.2) is 24.3 Å². The van der Waals surface area contributed by atoms with Crippen LogP contribution in [-0.2, 0) is 10.0 Å². The van der Waals surface area contributed by atoms with E-state index in [1.54, 1.807) is 31.3 Å². The van der Waals surface area contributed by atoms with Crippen LogP contribution in [0.4, 0.5) is 18.9 Å². The van der Waals surface area contributed by atoms with E-state index in [9.17, 15) is 21.6 Å². The number of hydrogen-bond acceptors (Lipinski definition) is 3. The van der Waals surface area contributed by atoms with Gasteiger partial charge >= 0.3 is 6.18 Å². The first-order chi connectivity index (χ1) is 9.64. The topological polar surface area (TPSA) is 58.2 Å². The van der Waals surface area contributed by atoms with Crippen molar-refractivity contribution in [2.24, 2.45) is 0 Å². The molecular formula is C13H19F3N2O2S. The molecule has 1 aromatic carbocycles. The molecule has 1 rings (SSSR count). The number of halogens is 3. The van der Waals surface area contributed by atoms with Crippen LogP contribution >= 0.6 is 0 Å². The molecule has 0 saturated carbocycles. The Balaban J connectivity index is 2.76. The molecule has 0 spiro atoms. The van der Waals surface area contributed by atoms with Crippen molar-refractivity contribution in [2.45, 2.75) is 32.0 Å². The van der Waals surface area contributed by atoms with Gasteiger partial charge in [0.05, 0.1) is 11.4 Å². The molecule has 0 amide bonds. The molecule has 4 nitrogen and oxygen atoms in total. The minimum Gasteiger partial charge on any atom is -0.313 e. The number of anilines is 1. The van der Waals surface area contributed by atoms with Gasteiger partial charge in [-0.25, -0.2) is 8.42 Å². The SMILES string of the molecule is CNC(C)c1ccccc1NS(=O)(=O)CCCC(F)(F)F. The predicted octanol–water partition coefficient (Wildman–Crippen LogP) is 3.05. The van der Waals surface area contributed by atoms with Crippen molar-refractivity contribution in [3.05, 3.63) is 29.8 Å². The summed E-state index contributed by atoms with van der Waals surface area (Å²) in [4.78, 5) is 0. The molecule has 0 aliphatic heterocycles.